The lowest BCUT2D eigenvalue weighted by atomic mass is 10.0. The molecule has 212 valence electrons. The molecular weight excluding hydrogens is 502 g/mol. The fourth-order valence-corrected chi connectivity index (χ4v) is 4.63. The fourth-order valence-electron chi connectivity index (χ4n) is 4.63. The summed E-state index contributed by atoms with van der Waals surface area (Å²) in [6, 6.07) is 7.45. The van der Waals surface area contributed by atoms with E-state index in [0.29, 0.717) is 30.8 Å². The van der Waals surface area contributed by atoms with Crippen molar-refractivity contribution < 1.29 is 23.8 Å². The molecule has 1 saturated carbocycles. The minimum atomic E-state index is -1.13. The van der Waals surface area contributed by atoms with Gasteiger partial charge in [-0.05, 0) is 71.1 Å². The van der Waals surface area contributed by atoms with Gasteiger partial charge in [-0.3, -0.25) is 9.36 Å². The Kier molecular flexibility index (Phi) is 10.7. The highest BCUT2D eigenvalue weighted by molar-refractivity contribution is 5.81. The number of carbonyl (C=O) groups excluding carboxylic acids is 2. The molecule has 0 spiro atoms. The Morgan fingerprint density at radius 2 is 1.82 bits per heavy atom. The molecule has 0 N–H and O–H groups in total. The normalized spacial score (nSPS) is 14.1. The van der Waals surface area contributed by atoms with Gasteiger partial charge in [0, 0.05) is 25.1 Å². The number of allylic oxidation sites excluding steroid dienone is 1. The van der Waals surface area contributed by atoms with Gasteiger partial charge in [0.05, 0.1) is 13.2 Å². The van der Waals surface area contributed by atoms with Gasteiger partial charge in [0.2, 0.25) is 0 Å². The number of benzene rings is 1. The Morgan fingerprint density at radius 3 is 2.51 bits per heavy atom. The Balaban J connectivity index is 1.75. The molecule has 1 fully saturated rings. The second-order valence-corrected chi connectivity index (χ2v) is 10.0. The minimum Gasteiger partial charge on any atom is -0.476 e. The molecular formula is C29H39N3O7. The first kappa shape index (κ1) is 29.9. The molecule has 0 aliphatic heterocycles. The third-order valence-electron chi connectivity index (χ3n) is 6.59. The lowest BCUT2D eigenvalue weighted by Crippen LogP contribution is -2.44. The molecule has 0 atom stereocenters. The largest absolute Gasteiger partial charge is 0.476 e. The molecule has 2 aromatic rings. The van der Waals surface area contributed by atoms with Gasteiger partial charge in [-0.25, -0.2) is 19.1 Å². The van der Waals surface area contributed by atoms with Crippen LogP contribution < -0.4 is 16.0 Å². The molecule has 3 rings (SSSR count). The highest BCUT2D eigenvalue weighted by Crippen LogP contribution is 2.31. The summed E-state index contributed by atoms with van der Waals surface area (Å²) < 4.78 is 18.4. The SMILES string of the molecule is CCOC(=O)/C=C/Cn1c(=O)c(C2CCCC2)nn(CCCc2cccc(OC(C)(C)C(=O)OCC)c2)c1=O. The standard InChI is InChI=1S/C29H39N3O7/c1-5-37-24(33)17-11-18-31-26(34)25(22-14-7-8-15-22)30-32(28(31)36)19-10-13-21-12-9-16-23(20-21)39-29(3,4)27(35)38-6-2/h9,11-12,16-17,20,22H,5-8,10,13-15,18-19H2,1-4H3/b17-11+. The van der Waals surface area contributed by atoms with Crippen molar-refractivity contribution in [1.82, 2.24) is 14.3 Å². The molecule has 1 aromatic heterocycles. The van der Waals surface area contributed by atoms with E-state index in [9.17, 15) is 19.2 Å². The average Bonchev–Trinajstić information content (AvgIpc) is 3.42. The number of carbonyl (C=O) groups is 2. The van der Waals surface area contributed by atoms with Crippen molar-refractivity contribution in [2.45, 2.75) is 90.8 Å². The van der Waals surface area contributed by atoms with Crippen molar-refractivity contribution in [3.63, 3.8) is 0 Å². The number of aryl methyl sites for hydroxylation is 2. The van der Waals surface area contributed by atoms with Crippen LogP contribution in [0.2, 0.25) is 0 Å². The highest BCUT2D eigenvalue weighted by atomic mass is 16.6. The number of ether oxygens (including phenoxy) is 3. The fraction of sp³-hybridized carbons (Fsp3) is 0.552. The summed E-state index contributed by atoms with van der Waals surface area (Å²) in [4.78, 5) is 50.2. The zero-order valence-electron chi connectivity index (χ0n) is 23.3. The molecule has 0 radical (unpaired) electrons. The Morgan fingerprint density at radius 1 is 1.10 bits per heavy atom. The summed E-state index contributed by atoms with van der Waals surface area (Å²) in [7, 11) is 0. The summed E-state index contributed by atoms with van der Waals surface area (Å²) in [6.45, 7) is 7.58. The van der Waals surface area contributed by atoms with E-state index in [2.05, 4.69) is 5.10 Å². The summed E-state index contributed by atoms with van der Waals surface area (Å²) in [5, 5.41) is 4.50. The predicted molar refractivity (Wildman–Crippen MR) is 146 cm³/mol. The number of hydrogen-bond acceptors (Lipinski definition) is 8. The molecule has 0 bridgehead atoms. The van der Waals surface area contributed by atoms with Crippen molar-refractivity contribution in [3.05, 3.63) is 68.5 Å². The maximum Gasteiger partial charge on any atom is 0.349 e. The molecule has 1 aliphatic rings. The summed E-state index contributed by atoms with van der Waals surface area (Å²) in [6.07, 6.45) is 7.71. The van der Waals surface area contributed by atoms with Crippen LogP contribution in [0.15, 0.2) is 46.0 Å². The van der Waals surface area contributed by atoms with Crippen molar-refractivity contribution >= 4 is 11.9 Å². The second kappa shape index (κ2) is 13.9. The zero-order valence-corrected chi connectivity index (χ0v) is 23.3. The van der Waals surface area contributed by atoms with Crippen molar-refractivity contribution in [2.75, 3.05) is 13.2 Å². The first-order valence-electron chi connectivity index (χ1n) is 13.7. The molecule has 0 saturated heterocycles. The van der Waals surface area contributed by atoms with Gasteiger partial charge < -0.3 is 14.2 Å². The maximum atomic E-state index is 13.2. The van der Waals surface area contributed by atoms with E-state index in [4.69, 9.17) is 14.2 Å². The number of nitrogens with zero attached hydrogens (tertiary/aromatic N) is 3. The zero-order chi connectivity index (χ0) is 28.4. The van der Waals surface area contributed by atoms with Crippen molar-refractivity contribution in [3.8, 4) is 5.75 Å². The van der Waals surface area contributed by atoms with Gasteiger partial charge in [0.15, 0.2) is 5.60 Å². The smallest absolute Gasteiger partial charge is 0.349 e. The molecule has 1 aromatic carbocycles. The Bertz CT molecular complexity index is 1290. The number of hydrogen-bond donors (Lipinski definition) is 0. The molecule has 10 heteroatoms. The third kappa shape index (κ3) is 8.15. The Hall–Kier alpha value is -3.69. The summed E-state index contributed by atoms with van der Waals surface area (Å²) in [5.74, 6) is -0.383. The van der Waals surface area contributed by atoms with E-state index >= 15 is 0 Å². The van der Waals surface area contributed by atoms with E-state index < -0.39 is 28.8 Å². The minimum absolute atomic E-state index is 0.0289. The van der Waals surface area contributed by atoms with E-state index in [1.165, 1.54) is 16.8 Å². The van der Waals surface area contributed by atoms with Crippen LogP contribution in [-0.2, 0) is 38.6 Å². The van der Waals surface area contributed by atoms with Crippen LogP contribution in [0, 0.1) is 0 Å². The maximum absolute atomic E-state index is 13.2. The molecule has 0 amide bonds. The predicted octanol–water partition coefficient (Wildman–Crippen LogP) is 3.54. The van der Waals surface area contributed by atoms with Crippen LogP contribution in [0.25, 0.3) is 0 Å². The van der Waals surface area contributed by atoms with E-state index in [1.54, 1.807) is 33.8 Å². The van der Waals surface area contributed by atoms with Crippen LogP contribution >= 0.6 is 0 Å². The van der Waals surface area contributed by atoms with Crippen LogP contribution in [0.1, 0.15) is 77.0 Å². The molecule has 1 aliphatic carbocycles. The first-order chi connectivity index (χ1) is 18.7. The van der Waals surface area contributed by atoms with Crippen molar-refractivity contribution in [2.24, 2.45) is 0 Å². The molecule has 39 heavy (non-hydrogen) atoms. The van der Waals surface area contributed by atoms with Crippen molar-refractivity contribution in [1.29, 1.82) is 0 Å². The van der Waals surface area contributed by atoms with E-state index in [-0.39, 0.29) is 25.7 Å². The molecule has 0 unspecified atom stereocenters. The number of rotatable bonds is 13. The average molecular weight is 542 g/mol. The van der Waals surface area contributed by atoms with Gasteiger partial charge in [0.25, 0.3) is 5.56 Å². The summed E-state index contributed by atoms with van der Waals surface area (Å²) in [5.41, 5.74) is -0.651. The number of aromatic nitrogens is 3. The van der Waals surface area contributed by atoms with E-state index in [0.717, 1.165) is 35.8 Å². The van der Waals surface area contributed by atoms with Crippen LogP contribution in [0.3, 0.4) is 0 Å². The van der Waals surface area contributed by atoms with Crippen LogP contribution in [-0.4, -0.2) is 45.1 Å². The number of esters is 2. The van der Waals surface area contributed by atoms with Gasteiger partial charge in [-0.1, -0.05) is 31.1 Å². The van der Waals surface area contributed by atoms with E-state index in [1.807, 2.05) is 18.2 Å². The van der Waals surface area contributed by atoms with Gasteiger partial charge in [-0.15, -0.1) is 0 Å². The van der Waals surface area contributed by atoms with Gasteiger partial charge in [-0.2, -0.15) is 5.10 Å². The summed E-state index contributed by atoms with van der Waals surface area (Å²) >= 11 is 0. The monoisotopic (exact) mass is 541 g/mol. The quantitative estimate of drug-likeness (QED) is 0.279. The highest BCUT2D eigenvalue weighted by Gasteiger charge is 2.31. The molecule has 1 heterocycles. The topological polar surface area (TPSA) is 119 Å². The van der Waals surface area contributed by atoms with Gasteiger partial charge in [0.1, 0.15) is 11.4 Å². The third-order valence-corrected chi connectivity index (χ3v) is 6.59. The second-order valence-electron chi connectivity index (χ2n) is 10.0. The van der Waals surface area contributed by atoms with Crippen LogP contribution in [0.4, 0.5) is 0 Å². The molecule has 10 nitrogen and oxygen atoms in total. The van der Waals surface area contributed by atoms with Gasteiger partial charge >= 0.3 is 17.6 Å². The van der Waals surface area contributed by atoms with Crippen LogP contribution in [0.5, 0.6) is 5.75 Å². The lowest BCUT2D eigenvalue weighted by molar-refractivity contribution is -0.158. The Labute approximate surface area is 228 Å². The first-order valence-corrected chi connectivity index (χ1v) is 13.7. The lowest BCUT2D eigenvalue weighted by Gasteiger charge is -2.24.